The van der Waals surface area contributed by atoms with Crippen LogP contribution < -0.4 is 22.1 Å². The number of benzene rings is 2. The van der Waals surface area contributed by atoms with Crippen molar-refractivity contribution in [2.45, 2.75) is 6.54 Å². The fraction of sp³-hybridized carbons (Fsp3) is 0.0526. The second-order valence-corrected chi connectivity index (χ2v) is 6.74. The number of primary amides is 1. The molecule has 1 aromatic heterocycles. The molecule has 0 atom stereocenters. The Morgan fingerprint density at radius 1 is 1.00 bits per heavy atom. The van der Waals surface area contributed by atoms with E-state index in [4.69, 9.17) is 11.5 Å². The Balaban J connectivity index is 1.60. The van der Waals surface area contributed by atoms with Crippen LogP contribution >= 0.6 is 11.3 Å². The smallest absolute Gasteiger partial charge is 0.275 e. The highest BCUT2D eigenvalue weighted by atomic mass is 32.1. The molecule has 0 bridgehead atoms. The fourth-order valence-corrected chi connectivity index (χ4v) is 2.96. The van der Waals surface area contributed by atoms with Crippen LogP contribution in [0.5, 0.6) is 0 Å². The second kappa shape index (κ2) is 8.31. The Morgan fingerprint density at radius 2 is 1.71 bits per heavy atom. The van der Waals surface area contributed by atoms with Gasteiger partial charge in [0, 0.05) is 28.7 Å². The van der Waals surface area contributed by atoms with Gasteiger partial charge in [-0.3, -0.25) is 14.4 Å². The predicted molar refractivity (Wildman–Crippen MR) is 107 cm³/mol. The van der Waals surface area contributed by atoms with E-state index < -0.39 is 5.91 Å². The first-order valence-corrected chi connectivity index (χ1v) is 9.09. The molecule has 8 nitrogen and oxygen atoms in total. The van der Waals surface area contributed by atoms with E-state index in [-0.39, 0.29) is 24.1 Å². The van der Waals surface area contributed by atoms with Gasteiger partial charge in [0.2, 0.25) is 5.91 Å². The van der Waals surface area contributed by atoms with E-state index in [9.17, 15) is 14.4 Å². The molecule has 0 fully saturated rings. The van der Waals surface area contributed by atoms with Crippen molar-refractivity contribution in [1.29, 1.82) is 0 Å². The Bertz CT molecular complexity index is 1030. The summed E-state index contributed by atoms with van der Waals surface area (Å²) in [6, 6.07) is 13.2. The molecule has 0 aliphatic rings. The first kappa shape index (κ1) is 19.1. The highest BCUT2D eigenvalue weighted by Crippen LogP contribution is 2.15. The summed E-state index contributed by atoms with van der Waals surface area (Å²) >= 11 is 1.19. The third-order valence-electron chi connectivity index (χ3n) is 3.82. The third-order valence-corrected chi connectivity index (χ3v) is 4.50. The van der Waals surface area contributed by atoms with Crippen molar-refractivity contribution in [2.24, 2.45) is 5.73 Å². The number of nitrogens with one attached hydrogen (secondary N) is 2. The third kappa shape index (κ3) is 4.71. The van der Waals surface area contributed by atoms with E-state index in [2.05, 4.69) is 15.6 Å². The highest BCUT2D eigenvalue weighted by molar-refractivity contribution is 7.13. The maximum atomic E-state index is 12.2. The molecule has 2 aromatic carbocycles. The number of nitrogens with two attached hydrogens (primary N) is 2. The normalized spacial score (nSPS) is 10.3. The van der Waals surface area contributed by atoms with Crippen LogP contribution in [0.25, 0.3) is 0 Å². The van der Waals surface area contributed by atoms with Crippen molar-refractivity contribution in [1.82, 2.24) is 10.3 Å². The molecule has 0 unspecified atom stereocenters. The highest BCUT2D eigenvalue weighted by Gasteiger charge is 2.11. The van der Waals surface area contributed by atoms with Gasteiger partial charge in [0.1, 0.15) is 5.69 Å². The zero-order valence-corrected chi connectivity index (χ0v) is 15.5. The average Bonchev–Trinajstić information content (AvgIpc) is 3.13. The quantitative estimate of drug-likeness (QED) is 0.505. The second-order valence-electron chi connectivity index (χ2n) is 5.85. The van der Waals surface area contributed by atoms with Gasteiger partial charge in [0.15, 0.2) is 5.13 Å². The summed E-state index contributed by atoms with van der Waals surface area (Å²) in [6.45, 7) is 0.268. The Labute approximate surface area is 164 Å². The molecule has 0 aliphatic heterocycles. The van der Waals surface area contributed by atoms with Gasteiger partial charge in [0.25, 0.3) is 11.8 Å². The number of amides is 3. The van der Waals surface area contributed by atoms with Crippen LogP contribution in [0.15, 0.2) is 53.9 Å². The zero-order valence-electron chi connectivity index (χ0n) is 14.6. The lowest BCUT2D eigenvalue weighted by atomic mass is 10.1. The lowest BCUT2D eigenvalue weighted by molar-refractivity contribution is 0.0947. The van der Waals surface area contributed by atoms with Crippen LogP contribution in [-0.2, 0) is 6.54 Å². The number of carbonyl (C=O) groups is 3. The SMILES string of the molecule is NC(=O)c1ccc(C(=O)NCc2cccc(NC(=O)c3csc(N)n3)c2)cc1. The van der Waals surface area contributed by atoms with Crippen molar-refractivity contribution in [3.8, 4) is 0 Å². The van der Waals surface area contributed by atoms with Gasteiger partial charge in [-0.25, -0.2) is 4.98 Å². The number of aromatic nitrogens is 1. The molecule has 0 saturated carbocycles. The first-order valence-electron chi connectivity index (χ1n) is 8.22. The topological polar surface area (TPSA) is 140 Å². The van der Waals surface area contributed by atoms with Gasteiger partial charge in [0.05, 0.1) is 0 Å². The summed E-state index contributed by atoms with van der Waals surface area (Å²) in [4.78, 5) is 39.4. The standard InChI is InChI=1S/C19H17N5O3S/c20-16(25)12-4-6-13(7-5-12)17(26)22-9-11-2-1-3-14(8-11)23-18(27)15-10-28-19(21)24-15/h1-8,10H,9H2,(H2,20,25)(H2,21,24)(H,22,26)(H,23,27). The van der Waals surface area contributed by atoms with Crippen molar-refractivity contribution >= 4 is 39.9 Å². The van der Waals surface area contributed by atoms with Gasteiger partial charge < -0.3 is 22.1 Å². The van der Waals surface area contributed by atoms with Gasteiger partial charge in [-0.05, 0) is 42.0 Å². The van der Waals surface area contributed by atoms with Gasteiger partial charge >= 0.3 is 0 Å². The molecule has 0 radical (unpaired) electrons. The lowest BCUT2D eigenvalue weighted by Gasteiger charge is -2.08. The minimum Gasteiger partial charge on any atom is -0.375 e. The zero-order chi connectivity index (χ0) is 20.1. The van der Waals surface area contributed by atoms with Gasteiger partial charge in [-0.2, -0.15) is 0 Å². The minimum atomic E-state index is -0.550. The van der Waals surface area contributed by atoms with E-state index in [0.717, 1.165) is 5.56 Å². The van der Waals surface area contributed by atoms with Crippen LogP contribution in [0.3, 0.4) is 0 Å². The minimum absolute atomic E-state index is 0.251. The Hall–Kier alpha value is -3.72. The van der Waals surface area contributed by atoms with Crippen molar-refractivity contribution in [3.63, 3.8) is 0 Å². The van der Waals surface area contributed by atoms with Gasteiger partial charge in [-0.15, -0.1) is 11.3 Å². The molecule has 1 heterocycles. The molecule has 3 aromatic rings. The number of anilines is 2. The molecule has 3 amide bonds. The van der Waals surface area contributed by atoms with Crippen LogP contribution in [0.4, 0.5) is 10.8 Å². The summed E-state index contributed by atoms with van der Waals surface area (Å²) in [6.07, 6.45) is 0. The molecule has 28 heavy (non-hydrogen) atoms. The number of nitrogen functional groups attached to an aromatic ring is 1. The maximum absolute atomic E-state index is 12.2. The summed E-state index contributed by atoms with van der Waals surface area (Å²) < 4.78 is 0. The first-order chi connectivity index (χ1) is 13.4. The molecule has 6 N–H and O–H groups in total. The molecular weight excluding hydrogens is 378 g/mol. The molecule has 9 heteroatoms. The number of hydrogen-bond donors (Lipinski definition) is 4. The summed E-state index contributed by atoms with van der Waals surface area (Å²) in [7, 11) is 0. The van der Waals surface area contributed by atoms with Gasteiger partial charge in [-0.1, -0.05) is 12.1 Å². The fourth-order valence-electron chi connectivity index (χ4n) is 2.42. The number of thiazole rings is 1. The van der Waals surface area contributed by atoms with Crippen LogP contribution in [0.2, 0.25) is 0 Å². The molecule has 142 valence electrons. The maximum Gasteiger partial charge on any atom is 0.275 e. The number of rotatable bonds is 6. The van der Waals surface area contributed by atoms with Crippen LogP contribution in [0.1, 0.15) is 36.8 Å². The van der Waals surface area contributed by atoms with Crippen LogP contribution in [0, 0.1) is 0 Å². The molecule has 3 rings (SSSR count). The monoisotopic (exact) mass is 395 g/mol. The van der Waals surface area contributed by atoms with Crippen molar-refractivity contribution < 1.29 is 14.4 Å². The summed E-state index contributed by atoms with van der Waals surface area (Å²) in [5.41, 5.74) is 13.1. The lowest BCUT2D eigenvalue weighted by Crippen LogP contribution is -2.23. The predicted octanol–water partition coefficient (Wildman–Crippen LogP) is 2.01. The number of hydrogen-bond acceptors (Lipinski definition) is 6. The molecule has 0 saturated heterocycles. The largest absolute Gasteiger partial charge is 0.375 e. The summed E-state index contributed by atoms with van der Waals surface area (Å²) in [5.74, 6) is -1.20. The Kier molecular flexibility index (Phi) is 5.66. The van der Waals surface area contributed by atoms with E-state index in [1.165, 1.54) is 35.6 Å². The van der Waals surface area contributed by atoms with E-state index in [1.807, 2.05) is 6.07 Å². The average molecular weight is 395 g/mol. The number of carbonyl (C=O) groups excluding carboxylic acids is 3. The van der Waals surface area contributed by atoms with Crippen molar-refractivity contribution in [3.05, 3.63) is 76.3 Å². The number of nitrogens with zero attached hydrogens (tertiary/aromatic N) is 1. The Morgan fingerprint density at radius 3 is 2.36 bits per heavy atom. The molecule has 0 spiro atoms. The molecular formula is C19H17N5O3S. The molecule has 0 aliphatic carbocycles. The summed E-state index contributed by atoms with van der Waals surface area (Å²) in [5, 5.41) is 7.43. The van der Waals surface area contributed by atoms with E-state index in [1.54, 1.807) is 23.6 Å². The van der Waals surface area contributed by atoms with E-state index in [0.29, 0.717) is 21.9 Å². The van der Waals surface area contributed by atoms with E-state index >= 15 is 0 Å². The van der Waals surface area contributed by atoms with Crippen molar-refractivity contribution in [2.75, 3.05) is 11.1 Å². The van der Waals surface area contributed by atoms with Crippen LogP contribution in [-0.4, -0.2) is 22.7 Å².